The van der Waals surface area contributed by atoms with Crippen LogP contribution in [-0.4, -0.2) is 17.0 Å². The number of carbonyl (C=O) groups is 1. The van der Waals surface area contributed by atoms with E-state index in [4.69, 9.17) is 0 Å². The summed E-state index contributed by atoms with van der Waals surface area (Å²) in [7, 11) is 0. The molecule has 7 atom stereocenters. The molecule has 0 amide bonds. The van der Waals surface area contributed by atoms with Crippen molar-refractivity contribution in [2.75, 3.05) is 0 Å². The molecular weight excluding hydrogens is 260 g/mol. The molecule has 0 bridgehead atoms. The van der Waals surface area contributed by atoms with E-state index in [0.717, 1.165) is 18.3 Å². The van der Waals surface area contributed by atoms with Gasteiger partial charge in [0.25, 0.3) is 0 Å². The van der Waals surface area contributed by atoms with E-state index >= 15 is 0 Å². The van der Waals surface area contributed by atoms with Crippen LogP contribution in [-0.2, 0) is 4.79 Å². The van der Waals surface area contributed by atoms with Gasteiger partial charge in [0.05, 0.1) is 6.10 Å². The zero-order valence-corrected chi connectivity index (χ0v) is 13.6. The fourth-order valence-electron chi connectivity index (χ4n) is 7.06. The van der Waals surface area contributed by atoms with Gasteiger partial charge < -0.3 is 5.11 Å². The van der Waals surface area contributed by atoms with Gasteiger partial charge in [-0.1, -0.05) is 26.7 Å². The average Bonchev–Trinajstić information content (AvgIpc) is 2.68. The molecule has 0 aromatic heterocycles. The Labute approximate surface area is 128 Å². The average molecular weight is 290 g/mol. The van der Waals surface area contributed by atoms with Crippen molar-refractivity contribution in [3.63, 3.8) is 0 Å². The lowest BCUT2D eigenvalue weighted by atomic mass is 9.45. The van der Waals surface area contributed by atoms with Gasteiger partial charge in [0.15, 0.2) is 0 Å². The Bertz CT molecular complexity index is 458. The molecule has 1 unspecified atom stereocenters. The van der Waals surface area contributed by atoms with Crippen molar-refractivity contribution in [2.45, 2.75) is 77.7 Å². The summed E-state index contributed by atoms with van der Waals surface area (Å²) in [5.74, 6) is 2.73. The topological polar surface area (TPSA) is 37.3 Å². The summed E-state index contributed by atoms with van der Waals surface area (Å²) in [5, 5.41) is 10.4. The first-order valence-electron chi connectivity index (χ1n) is 9.17. The van der Waals surface area contributed by atoms with Gasteiger partial charge in [0.2, 0.25) is 0 Å². The standard InChI is InChI=1S/C19H30O2/c1-18-9-4-3-5-12(18)6-7-13-14(18)8-10-19(2)16(21)11-15(20)17(13)19/h12-14,16-17,21H,3-11H2,1-2H3/t12-,13-,14+,16?,17-,18+,19-/m1/s1. The molecule has 118 valence electrons. The molecule has 4 fully saturated rings. The van der Waals surface area contributed by atoms with Gasteiger partial charge in [-0.15, -0.1) is 0 Å². The van der Waals surface area contributed by atoms with Gasteiger partial charge in [-0.05, 0) is 61.7 Å². The van der Waals surface area contributed by atoms with E-state index in [1.165, 1.54) is 44.9 Å². The molecule has 0 saturated heterocycles. The highest BCUT2D eigenvalue weighted by Crippen LogP contribution is 2.65. The maximum absolute atomic E-state index is 12.6. The Morgan fingerprint density at radius 2 is 1.81 bits per heavy atom. The van der Waals surface area contributed by atoms with Crippen LogP contribution in [0.3, 0.4) is 0 Å². The molecule has 0 heterocycles. The summed E-state index contributed by atoms with van der Waals surface area (Å²) >= 11 is 0. The molecule has 21 heavy (non-hydrogen) atoms. The van der Waals surface area contributed by atoms with E-state index in [1.807, 2.05) is 0 Å². The Morgan fingerprint density at radius 3 is 2.62 bits per heavy atom. The lowest BCUT2D eigenvalue weighted by Gasteiger charge is -2.59. The molecule has 0 radical (unpaired) electrons. The van der Waals surface area contributed by atoms with E-state index < -0.39 is 0 Å². The smallest absolute Gasteiger partial charge is 0.139 e. The highest BCUT2D eigenvalue weighted by atomic mass is 16.3. The number of hydrogen-bond acceptors (Lipinski definition) is 2. The van der Waals surface area contributed by atoms with Crippen LogP contribution in [0.5, 0.6) is 0 Å². The van der Waals surface area contributed by atoms with E-state index in [-0.39, 0.29) is 17.4 Å². The number of aliphatic hydroxyl groups excluding tert-OH is 1. The third-order valence-electron chi connectivity index (χ3n) is 8.30. The van der Waals surface area contributed by atoms with Gasteiger partial charge in [0.1, 0.15) is 5.78 Å². The number of rotatable bonds is 0. The molecule has 0 aromatic rings. The summed E-state index contributed by atoms with van der Waals surface area (Å²) < 4.78 is 0. The molecule has 0 spiro atoms. The maximum atomic E-state index is 12.6. The van der Waals surface area contributed by atoms with Crippen LogP contribution in [0.1, 0.15) is 71.6 Å². The maximum Gasteiger partial charge on any atom is 0.139 e. The van der Waals surface area contributed by atoms with Crippen LogP contribution in [0.2, 0.25) is 0 Å². The van der Waals surface area contributed by atoms with Gasteiger partial charge in [-0.2, -0.15) is 0 Å². The van der Waals surface area contributed by atoms with Crippen molar-refractivity contribution in [2.24, 2.45) is 34.5 Å². The molecule has 4 rings (SSSR count). The van der Waals surface area contributed by atoms with Gasteiger partial charge >= 0.3 is 0 Å². The van der Waals surface area contributed by atoms with Crippen molar-refractivity contribution in [3.05, 3.63) is 0 Å². The summed E-state index contributed by atoms with van der Waals surface area (Å²) in [5.41, 5.74) is 0.367. The summed E-state index contributed by atoms with van der Waals surface area (Å²) in [6, 6.07) is 0. The lowest BCUT2D eigenvalue weighted by Crippen LogP contribution is -2.54. The first-order chi connectivity index (χ1) is 9.97. The third kappa shape index (κ3) is 1.77. The molecule has 4 saturated carbocycles. The van der Waals surface area contributed by atoms with Gasteiger partial charge in [-0.25, -0.2) is 0 Å². The largest absolute Gasteiger partial charge is 0.392 e. The second kappa shape index (κ2) is 4.57. The highest BCUT2D eigenvalue weighted by Gasteiger charge is 2.62. The van der Waals surface area contributed by atoms with Crippen LogP contribution in [0, 0.1) is 34.5 Å². The van der Waals surface area contributed by atoms with Gasteiger partial charge in [0, 0.05) is 17.8 Å². The van der Waals surface area contributed by atoms with Crippen molar-refractivity contribution >= 4 is 5.78 Å². The first kappa shape index (κ1) is 14.2. The monoisotopic (exact) mass is 290 g/mol. The summed E-state index contributed by atoms with van der Waals surface area (Å²) in [4.78, 5) is 12.6. The van der Waals surface area contributed by atoms with Crippen molar-refractivity contribution < 1.29 is 9.90 Å². The predicted molar refractivity (Wildman–Crippen MR) is 82.7 cm³/mol. The van der Waals surface area contributed by atoms with Crippen molar-refractivity contribution in [1.82, 2.24) is 0 Å². The second-order valence-corrected chi connectivity index (χ2v) is 9.00. The molecule has 0 aliphatic heterocycles. The molecule has 2 heteroatoms. The molecule has 0 aromatic carbocycles. The summed E-state index contributed by atoms with van der Waals surface area (Å²) in [6.07, 6.45) is 10.5. The van der Waals surface area contributed by atoms with Crippen LogP contribution in [0.4, 0.5) is 0 Å². The highest BCUT2D eigenvalue weighted by molar-refractivity contribution is 5.85. The molecular formula is C19H30O2. The Balaban J connectivity index is 1.69. The number of Topliss-reactive ketones (excluding diaryl/α,β-unsaturated/α-hetero) is 1. The molecule has 2 nitrogen and oxygen atoms in total. The number of carbonyl (C=O) groups excluding carboxylic acids is 1. The van der Waals surface area contributed by atoms with Crippen LogP contribution in [0.15, 0.2) is 0 Å². The third-order valence-corrected chi connectivity index (χ3v) is 8.30. The van der Waals surface area contributed by atoms with E-state index in [1.54, 1.807) is 0 Å². The molecule has 4 aliphatic rings. The van der Waals surface area contributed by atoms with Gasteiger partial charge in [-0.3, -0.25) is 4.79 Å². The summed E-state index contributed by atoms with van der Waals surface area (Å²) in [6.45, 7) is 4.73. The second-order valence-electron chi connectivity index (χ2n) is 9.00. The van der Waals surface area contributed by atoms with Crippen molar-refractivity contribution in [3.8, 4) is 0 Å². The Morgan fingerprint density at radius 1 is 1.00 bits per heavy atom. The zero-order valence-electron chi connectivity index (χ0n) is 13.6. The minimum atomic E-state index is -0.382. The van der Waals surface area contributed by atoms with Crippen LogP contribution >= 0.6 is 0 Å². The van der Waals surface area contributed by atoms with E-state index in [2.05, 4.69) is 13.8 Å². The normalized spacial score (nSPS) is 56.5. The first-order valence-corrected chi connectivity index (χ1v) is 9.17. The SMILES string of the molecule is C[C@]12CCCC[C@@H]1CC[C@@H]1[C@@H]2CC[C@]2(C)C(O)CC(=O)[C@@H]12. The lowest BCUT2D eigenvalue weighted by molar-refractivity contribution is -0.142. The van der Waals surface area contributed by atoms with Crippen LogP contribution in [0.25, 0.3) is 0 Å². The quantitative estimate of drug-likeness (QED) is 0.733. The zero-order chi connectivity index (χ0) is 14.8. The number of hydrogen-bond donors (Lipinski definition) is 1. The number of ketones is 1. The van der Waals surface area contributed by atoms with Crippen LogP contribution < -0.4 is 0 Å². The fourth-order valence-corrected chi connectivity index (χ4v) is 7.06. The molecule has 1 N–H and O–H groups in total. The van der Waals surface area contributed by atoms with E-state index in [9.17, 15) is 9.90 Å². The Hall–Kier alpha value is -0.370. The minimum absolute atomic E-state index is 0.115. The number of fused-ring (bicyclic) bond motifs is 5. The fraction of sp³-hybridized carbons (Fsp3) is 0.947. The minimum Gasteiger partial charge on any atom is -0.392 e. The number of aliphatic hydroxyl groups is 1. The Kier molecular flexibility index (Phi) is 3.10. The molecule has 4 aliphatic carbocycles. The van der Waals surface area contributed by atoms with E-state index in [0.29, 0.717) is 23.5 Å². The predicted octanol–water partition coefficient (Wildman–Crippen LogP) is 3.96. The van der Waals surface area contributed by atoms with Crippen molar-refractivity contribution in [1.29, 1.82) is 0 Å².